The van der Waals surface area contributed by atoms with Gasteiger partial charge >= 0.3 is 0 Å². The molecular weight excluding hydrogens is 212 g/mol. The van der Waals surface area contributed by atoms with Crippen LogP contribution in [0.3, 0.4) is 0 Å². The molecular formula is C11H13ClN2O. The van der Waals surface area contributed by atoms with Crippen LogP contribution in [-0.4, -0.2) is 5.91 Å². The van der Waals surface area contributed by atoms with Crippen LogP contribution in [0.5, 0.6) is 0 Å². The van der Waals surface area contributed by atoms with E-state index in [1.54, 1.807) is 24.3 Å². The molecule has 0 bridgehead atoms. The third-order valence-electron chi connectivity index (χ3n) is 2.95. The molecule has 1 aliphatic rings. The third kappa shape index (κ3) is 1.73. The summed E-state index contributed by atoms with van der Waals surface area (Å²) in [5.41, 5.74) is 11.2. The van der Waals surface area contributed by atoms with Gasteiger partial charge in [0.15, 0.2) is 0 Å². The second kappa shape index (κ2) is 3.51. The highest BCUT2D eigenvalue weighted by atomic mass is 35.5. The maximum atomic E-state index is 11.5. The number of carbonyl (C=O) groups is 1. The van der Waals surface area contributed by atoms with Gasteiger partial charge in [0.1, 0.15) is 5.54 Å². The lowest BCUT2D eigenvalue weighted by Crippen LogP contribution is -2.50. The average molecular weight is 225 g/mol. The van der Waals surface area contributed by atoms with Crippen molar-refractivity contribution in [1.29, 1.82) is 0 Å². The van der Waals surface area contributed by atoms with Gasteiger partial charge in [0.2, 0.25) is 5.91 Å². The summed E-state index contributed by atoms with van der Waals surface area (Å²) in [7, 11) is 0. The summed E-state index contributed by atoms with van der Waals surface area (Å²) >= 11 is 5.78. The van der Waals surface area contributed by atoms with Gasteiger partial charge in [0.25, 0.3) is 0 Å². The Bertz CT molecular complexity index is 386. The largest absolute Gasteiger partial charge is 0.368 e. The SMILES string of the molecule is NC(=O)C(N)(c1ccc(Cl)cc1)C1CC1. The summed E-state index contributed by atoms with van der Waals surface area (Å²) in [6.07, 6.45) is 1.92. The minimum atomic E-state index is -1.02. The lowest BCUT2D eigenvalue weighted by atomic mass is 9.85. The summed E-state index contributed by atoms with van der Waals surface area (Å²) in [4.78, 5) is 11.5. The van der Waals surface area contributed by atoms with Crippen molar-refractivity contribution in [3.05, 3.63) is 34.9 Å². The normalized spacial score (nSPS) is 19.6. The second-order valence-electron chi connectivity index (χ2n) is 4.01. The van der Waals surface area contributed by atoms with Crippen molar-refractivity contribution in [1.82, 2.24) is 0 Å². The summed E-state index contributed by atoms with van der Waals surface area (Å²) in [6, 6.07) is 6.99. The number of benzene rings is 1. The van der Waals surface area contributed by atoms with Gasteiger partial charge in [-0.25, -0.2) is 0 Å². The maximum absolute atomic E-state index is 11.5. The second-order valence-corrected chi connectivity index (χ2v) is 4.45. The van der Waals surface area contributed by atoms with Crippen molar-refractivity contribution < 1.29 is 4.79 Å². The highest BCUT2D eigenvalue weighted by molar-refractivity contribution is 6.30. The molecule has 0 aromatic heterocycles. The van der Waals surface area contributed by atoms with E-state index in [1.807, 2.05) is 0 Å². The van der Waals surface area contributed by atoms with Crippen molar-refractivity contribution >= 4 is 17.5 Å². The first-order chi connectivity index (χ1) is 7.05. The quantitative estimate of drug-likeness (QED) is 0.815. The summed E-state index contributed by atoms with van der Waals surface area (Å²) in [5.74, 6) is -0.288. The van der Waals surface area contributed by atoms with Crippen molar-refractivity contribution in [3.8, 4) is 0 Å². The monoisotopic (exact) mass is 224 g/mol. The maximum Gasteiger partial charge on any atom is 0.242 e. The smallest absolute Gasteiger partial charge is 0.242 e. The molecule has 1 amide bonds. The fraction of sp³-hybridized carbons (Fsp3) is 0.364. The van der Waals surface area contributed by atoms with E-state index >= 15 is 0 Å². The van der Waals surface area contributed by atoms with Crippen LogP contribution in [0, 0.1) is 5.92 Å². The Morgan fingerprint density at radius 2 is 1.87 bits per heavy atom. The predicted molar refractivity (Wildman–Crippen MR) is 59.2 cm³/mol. The van der Waals surface area contributed by atoms with Crippen LogP contribution in [0.15, 0.2) is 24.3 Å². The molecule has 0 heterocycles. The van der Waals surface area contributed by atoms with E-state index in [2.05, 4.69) is 0 Å². The Morgan fingerprint density at radius 3 is 2.27 bits per heavy atom. The number of hydrogen-bond donors (Lipinski definition) is 2. The standard InChI is InChI=1S/C11H13ClN2O/c12-9-5-3-8(4-6-9)11(14,10(13)15)7-1-2-7/h3-7H,1-2,14H2,(H2,13,15). The van der Waals surface area contributed by atoms with E-state index < -0.39 is 11.4 Å². The molecule has 3 nitrogen and oxygen atoms in total. The number of amides is 1. The van der Waals surface area contributed by atoms with Crippen LogP contribution < -0.4 is 11.5 Å². The lowest BCUT2D eigenvalue weighted by Gasteiger charge is -2.26. The predicted octanol–water partition coefficient (Wildman–Crippen LogP) is 1.39. The molecule has 4 heteroatoms. The van der Waals surface area contributed by atoms with Crippen LogP contribution in [0.2, 0.25) is 5.02 Å². The van der Waals surface area contributed by atoms with E-state index in [4.69, 9.17) is 23.1 Å². The first kappa shape index (κ1) is 10.5. The van der Waals surface area contributed by atoms with Crippen molar-refractivity contribution in [2.75, 3.05) is 0 Å². The highest BCUT2D eigenvalue weighted by Crippen LogP contribution is 2.44. The molecule has 4 N–H and O–H groups in total. The van der Waals surface area contributed by atoms with Crippen molar-refractivity contribution in [2.45, 2.75) is 18.4 Å². The first-order valence-corrected chi connectivity index (χ1v) is 5.27. The van der Waals surface area contributed by atoms with Crippen molar-refractivity contribution in [3.63, 3.8) is 0 Å². The van der Waals surface area contributed by atoms with Crippen LogP contribution in [0.4, 0.5) is 0 Å². The Morgan fingerprint density at radius 1 is 1.33 bits per heavy atom. The van der Waals surface area contributed by atoms with Gasteiger partial charge in [0, 0.05) is 5.02 Å². The number of nitrogens with two attached hydrogens (primary N) is 2. The van der Waals surface area contributed by atoms with Gasteiger partial charge < -0.3 is 11.5 Å². The fourth-order valence-corrected chi connectivity index (χ4v) is 1.97. The van der Waals surface area contributed by atoms with E-state index in [9.17, 15) is 4.79 Å². The zero-order valence-electron chi connectivity index (χ0n) is 8.24. The Kier molecular flexibility index (Phi) is 2.44. The van der Waals surface area contributed by atoms with Gasteiger partial charge in [-0.15, -0.1) is 0 Å². The number of rotatable bonds is 3. The minimum Gasteiger partial charge on any atom is -0.368 e. The topological polar surface area (TPSA) is 69.1 Å². The molecule has 1 saturated carbocycles. The van der Waals surface area contributed by atoms with Crippen molar-refractivity contribution in [2.24, 2.45) is 17.4 Å². The zero-order valence-corrected chi connectivity index (χ0v) is 9.00. The molecule has 0 radical (unpaired) electrons. The molecule has 1 aromatic rings. The molecule has 0 spiro atoms. The van der Waals surface area contributed by atoms with Gasteiger partial charge in [-0.2, -0.15) is 0 Å². The number of hydrogen-bond acceptors (Lipinski definition) is 2. The molecule has 1 unspecified atom stereocenters. The van der Waals surface area contributed by atoms with Gasteiger partial charge in [-0.05, 0) is 36.5 Å². The molecule has 2 rings (SSSR count). The van der Waals surface area contributed by atoms with E-state index in [1.165, 1.54) is 0 Å². The Balaban J connectivity index is 2.40. The van der Waals surface area contributed by atoms with Crippen LogP contribution in [0.25, 0.3) is 0 Å². The first-order valence-electron chi connectivity index (χ1n) is 4.90. The minimum absolute atomic E-state index is 0.177. The van der Waals surface area contributed by atoms with Gasteiger partial charge in [0.05, 0.1) is 0 Å². The van der Waals surface area contributed by atoms with Crippen LogP contribution in [-0.2, 0) is 10.3 Å². The van der Waals surface area contributed by atoms with Crippen LogP contribution in [0.1, 0.15) is 18.4 Å². The number of primary amides is 1. The van der Waals surface area contributed by atoms with Gasteiger partial charge in [-0.3, -0.25) is 4.79 Å². The number of halogens is 1. The summed E-state index contributed by atoms with van der Waals surface area (Å²) in [5, 5.41) is 0.626. The average Bonchev–Trinajstić information content (AvgIpc) is 3.00. The summed E-state index contributed by atoms with van der Waals surface area (Å²) < 4.78 is 0. The molecule has 0 saturated heterocycles. The molecule has 1 aliphatic carbocycles. The summed E-state index contributed by atoms with van der Waals surface area (Å²) in [6.45, 7) is 0. The lowest BCUT2D eigenvalue weighted by molar-refractivity contribution is -0.124. The van der Waals surface area contributed by atoms with Crippen LogP contribution >= 0.6 is 11.6 Å². The van der Waals surface area contributed by atoms with Gasteiger partial charge in [-0.1, -0.05) is 23.7 Å². The molecule has 0 aliphatic heterocycles. The molecule has 15 heavy (non-hydrogen) atoms. The van der Waals surface area contributed by atoms with E-state index in [-0.39, 0.29) is 5.92 Å². The number of carbonyl (C=O) groups excluding carboxylic acids is 1. The zero-order chi connectivity index (χ0) is 11.1. The molecule has 1 atom stereocenters. The molecule has 80 valence electrons. The van der Waals surface area contributed by atoms with E-state index in [0.717, 1.165) is 18.4 Å². The molecule has 1 aromatic carbocycles. The van der Waals surface area contributed by atoms with E-state index in [0.29, 0.717) is 5.02 Å². The highest BCUT2D eigenvalue weighted by Gasteiger charge is 2.48. The Hall–Kier alpha value is -1.06. The third-order valence-corrected chi connectivity index (χ3v) is 3.20. The fourth-order valence-electron chi connectivity index (χ4n) is 1.84. The molecule has 1 fully saturated rings. The Labute approximate surface area is 93.4 Å².